The van der Waals surface area contributed by atoms with Crippen LogP contribution in [0.2, 0.25) is 0 Å². The van der Waals surface area contributed by atoms with Crippen molar-refractivity contribution in [2.45, 2.75) is 19.4 Å². The van der Waals surface area contributed by atoms with Crippen LogP contribution in [0, 0.1) is 6.92 Å². The molecule has 0 bridgehead atoms. The lowest BCUT2D eigenvalue weighted by Crippen LogP contribution is -2.19. The Morgan fingerprint density at radius 1 is 1.43 bits per heavy atom. The van der Waals surface area contributed by atoms with Gasteiger partial charge in [-0.05, 0) is 11.6 Å². The second-order valence-electron chi connectivity index (χ2n) is 4.65. The van der Waals surface area contributed by atoms with Gasteiger partial charge in [0.1, 0.15) is 0 Å². The molecule has 21 heavy (non-hydrogen) atoms. The summed E-state index contributed by atoms with van der Waals surface area (Å²) < 4.78 is 10.4. The molecule has 3 N–H and O–H groups in total. The molecule has 0 spiro atoms. The molecule has 7 nitrogen and oxygen atoms in total. The van der Waals surface area contributed by atoms with Crippen LogP contribution < -0.4 is 5.73 Å². The number of primary amides is 1. The molecule has 0 saturated carbocycles. The minimum absolute atomic E-state index is 0.233. The number of fused-ring (bicyclic) bond motifs is 1. The third kappa shape index (κ3) is 2.71. The van der Waals surface area contributed by atoms with Gasteiger partial charge >= 0.3 is 6.09 Å². The van der Waals surface area contributed by atoms with E-state index in [2.05, 4.69) is 15.2 Å². The largest absolute Gasteiger partial charge is 0.436 e. The van der Waals surface area contributed by atoms with Gasteiger partial charge < -0.3 is 19.9 Å². The minimum Gasteiger partial charge on any atom is -0.436 e. The van der Waals surface area contributed by atoms with Crippen LogP contribution in [0.4, 0.5) is 4.79 Å². The molecule has 2 heterocycles. The lowest BCUT2D eigenvalue weighted by molar-refractivity contribution is 0.0890. The molecule has 1 unspecified atom stereocenters. The average Bonchev–Trinajstić information content (AvgIpc) is 3.05. The van der Waals surface area contributed by atoms with Crippen LogP contribution in [0.5, 0.6) is 0 Å². The van der Waals surface area contributed by atoms with E-state index in [9.17, 15) is 4.79 Å². The Balaban J connectivity index is 1.92. The van der Waals surface area contributed by atoms with E-state index in [0.29, 0.717) is 12.3 Å². The molecule has 0 radical (unpaired) electrons. The number of hydrogen-bond donors (Lipinski definition) is 2. The summed E-state index contributed by atoms with van der Waals surface area (Å²) in [5.74, 6) is 0.638. The minimum atomic E-state index is -0.879. The number of H-pyrrole nitrogens is 1. The van der Waals surface area contributed by atoms with Gasteiger partial charge in [-0.1, -0.05) is 18.2 Å². The molecule has 0 aliphatic heterocycles. The number of aromatic amines is 1. The molecule has 0 aliphatic rings. The number of ether oxygens (including phenoxy) is 1. The highest BCUT2D eigenvalue weighted by Crippen LogP contribution is 2.26. The molecule has 3 aromatic rings. The van der Waals surface area contributed by atoms with E-state index in [-0.39, 0.29) is 5.89 Å². The van der Waals surface area contributed by atoms with Gasteiger partial charge in [0.05, 0.1) is 0 Å². The maximum absolute atomic E-state index is 11.1. The van der Waals surface area contributed by atoms with Crippen LogP contribution in [0.1, 0.15) is 23.4 Å². The lowest BCUT2D eigenvalue weighted by atomic mass is 10.1. The highest BCUT2D eigenvalue weighted by atomic mass is 16.6. The standard InChI is InChI=1S/C14H14N4O3/c1-8-17-18-13(20-8)12(21-14(15)19)6-9-7-16-11-5-3-2-4-10(9)11/h2-5,7,12,16H,6H2,1H3,(H2,15,19). The molecule has 1 aromatic carbocycles. The van der Waals surface area contributed by atoms with E-state index < -0.39 is 12.2 Å². The van der Waals surface area contributed by atoms with Gasteiger partial charge in [-0.2, -0.15) is 0 Å². The van der Waals surface area contributed by atoms with E-state index in [4.69, 9.17) is 14.9 Å². The van der Waals surface area contributed by atoms with Gasteiger partial charge in [0.2, 0.25) is 5.89 Å². The van der Waals surface area contributed by atoms with Crippen molar-refractivity contribution in [2.24, 2.45) is 5.73 Å². The number of amides is 1. The molecule has 2 aromatic heterocycles. The maximum Gasteiger partial charge on any atom is 0.405 e. The molecule has 108 valence electrons. The first kappa shape index (κ1) is 13.2. The molecule has 0 aliphatic carbocycles. The first-order valence-electron chi connectivity index (χ1n) is 6.44. The van der Waals surface area contributed by atoms with Crippen LogP contribution in [-0.4, -0.2) is 21.3 Å². The number of nitrogens with two attached hydrogens (primary N) is 1. The second-order valence-corrected chi connectivity index (χ2v) is 4.65. The summed E-state index contributed by atoms with van der Waals surface area (Å²) in [6.07, 6.45) is 0.679. The number of carbonyl (C=O) groups excluding carboxylic acids is 1. The number of rotatable bonds is 4. The molecule has 1 amide bonds. The number of nitrogens with one attached hydrogen (secondary N) is 1. The summed E-state index contributed by atoms with van der Waals surface area (Å²) in [5, 5.41) is 8.70. The van der Waals surface area contributed by atoms with Gasteiger partial charge in [0.25, 0.3) is 5.89 Å². The molecular weight excluding hydrogens is 272 g/mol. The van der Waals surface area contributed by atoms with Crippen molar-refractivity contribution in [1.82, 2.24) is 15.2 Å². The van der Waals surface area contributed by atoms with Crippen molar-refractivity contribution >= 4 is 17.0 Å². The van der Waals surface area contributed by atoms with Crippen molar-refractivity contribution in [2.75, 3.05) is 0 Å². The van der Waals surface area contributed by atoms with Crippen LogP contribution in [-0.2, 0) is 11.2 Å². The predicted octanol–water partition coefficient (Wildman–Crippen LogP) is 2.24. The van der Waals surface area contributed by atoms with Crippen LogP contribution >= 0.6 is 0 Å². The van der Waals surface area contributed by atoms with Crippen LogP contribution in [0.25, 0.3) is 10.9 Å². The summed E-state index contributed by atoms with van der Waals surface area (Å²) in [6.45, 7) is 1.67. The number of para-hydroxylation sites is 1. The third-order valence-electron chi connectivity index (χ3n) is 3.16. The number of carbonyl (C=O) groups is 1. The third-order valence-corrected chi connectivity index (χ3v) is 3.16. The van der Waals surface area contributed by atoms with Crippen molar-refractivity contribution < 1.29 is 13.9 Å². The quantitative estimate of drug-likeness (QED) is 0.764. The molecule has 0 saturated heterocycles. The summed E-state index contributed by atoms with van der Waals surface area (Å²) >= 11 is 0. The summed E-state index contributed by atoms with van der Waals surface area (Å²) in [4.78, 5) is 14.2. The summed E-state index contributed by atoms with van der Waals surface area (Å²) in [7, 11) is 0. The zero-order valence-electron chi connectivity index (χ0n) is 11.4. The van der Waals surface area contributed by atoms with Gasteiger partial charge in [-0.25, -0.2) is 4.79 Å². The van der Waals surface area contributed by atoms with E-state index in [1.807, 2.05) is 30.5 Å². The molecule has 7 heteroatoms. The zero-order valence-corrected chi connectivity index (χ0v) is 11.4. The van der Waals surface area contributed by atoms with Gasteiger partial charge in [0.15, 0.2) is 6.10 Å². The zero-order chi connectivity index (χ0) is 14.8. The highest BCUT2D eigenvalue weighted by Gasteiger charge is 2.23. The Kier molecular flexibility index (Phi) is 3.31. The lowest BCUT2D eigenvalue weighted by Gasteiger charge is -2.12. The first-order chi connectivity index (χ1) is 10.1. The fourth-order valence-electron chi connectivity index (χ4n) is 2.26. The van der Waals surface area contributed by atoms with E-state index >= 15 is 0 Å². The molecular formula is C14H14N4O3. The van der Waals surface area contributed by atoms with Crippen molar-refractivity contribution in [3.05, 3.63) is 47.8 Å². The molecule has 0 fully saturated rings. The number of benzene rings is 1. The highest BCUT2D eigenvalue weighted by molar-refractivity contribution is 5.83. The van der Waals surface area contributed by atoms with E-state index in [1.165, 1.54) is 0 Å². The topological polar surface area (TPSA) is 107 Å². The molecule has 1 atom stereocenters. The van der Waals surface area contributed by atoms with Crippen molar-refractivity contribution in [3.8, 4) is 0 Å². The fraction of sp³-hybridized carbons (Fsp3) is 0.214. The normalized spacial score (nSPS) is 12.4. The van der Waals surface area contributed by atoms with Gasteiger partial charge in [-0.15, -0.1) is 10.2 Å². The number of hydrogen-bond acceptors (Lipinski definition) is 5. The Bertz CT molecular complexity index is 777. The van der Waals surface area contributed by atoms with Gasteiger partial charge in [-0.3, -0.25) is 0 Å². The maximum atomic E-state index is 11.1. The monoisotopic (exact) mass is 286 g/mol. The Labute approximate surface area is 120 Å². The smallest absolute Gasteiger partial charge is 0.405 e. The Morgan fingerprint density at radius 3 is 2.95 bits per heavy atom. The number of nitrogens with zero attached hydrogens (tertiary/aromatic N) is 2. The summed E-state index contributed by atoms with van der Waals surface area (Å²) in [6, 6.07) is 7.85. The van der Waals surface area contributed by atoms with E-state index in [1.54, 1.807) is 6.92 Å². The fourth-order valence-corrected chi connectivity index (χ4v) is 2.26. The van der Waals surface area contributed by atoms with Crippen molar-refractivity contribution in [1.29, 1.82) is 0 Å². The molecule has 3 rings (SSSR count). The Hall–Kier alpha value is -2.83. The number of aryl methyl sites for hydroxylation is 1. The van der Waals surface area contributed by atoms with Crippen LogP contribution in [0.3, 0.4) is 0 Å². The summed E-state index contributed by atoms with van der Waals surface area (Å²) in [5.41, 5.74) is 7.11. The number of aromatic nitrogens is 3. The van der Waals surface area contributed by atoms with Crippen LogP contribution in [0.15, 0.2) is 34.9 Å². The Morgan fingerprint density at radius 2 is 2.24 bits per heavy atom. The predicted molar refractivity (Wildman–Crippen MR) is 74.4 cm³/mol. The van der Waals surface area contributed by atoms with E-state index in [0.717, 1.165) is 16.5 Å². The van der Waals surface area contributed by atoms with Gasteiger partial charge in [0, 0.05) is 30.4 Å². The average molecular weight is 286 g/mol. The second kappa shape index (κ2) is 5.28. The first-order valence-corrected chi connectivity index (χ1v) is 6.44. The van der Waals surface area contributed by atoms with Crippen molar-refractivity contribution in [3.63, 3.8) is 0 Å². The SMILES string of the molecule is Cc1nnc(C(Cc2c[nH]c3ccccc23)OC(N)=O)o1.